The number of hydrogen-bond acceptors (Lipinski definition) is 11. The third-order valence-corrected chi connectivity index (χ3v) is 9.28. The second kappa shape index (κ2) is 12.4. The van der Waals surface area contributed by atoms with Crippen molar-refractivity contribution in [2.24, 2.45) is 0 Å². The number of anilines is 6. The van der Waals surface area contributed by atoms with Crippen molar-refractivity contribution in [3.63, 3.8) is 0 Å². The molecule has 43 heavy (non-hydrogen) atoms. The number of fused-ring (bicyclic) bond motifs is 1. The molecule has 2 fully saturated rings. The minimum absolute atomic E-state index is 0.463. The van der Waals surface area contributed by atoms with Gasteiger partial charge < -0.3 is 29.5 Å². The van der Waals surface area contributed by atoms with Gasteiger partial charge in [-0.3, -0.25) is 9.97 Å². The number of nitrogens with zero attached hydrogens (tertiary/aromatic N) is 7. The maximum Gasteiger partial charge on any atom is 0.229 e. The topological polar surface area (TPSA) is 94.6 Å². The van der Waals surface area contributed by atoms with Gasteiger partial charge in [-0.1, -0.05) is 18.9 Å². The molecule has 6 rings (SSSR count). The molecule has 2 N–H and O–H groups in total. The number of aromatic nitrogens is 4. The van der Waals surface area contributed by atoms with E-state index in [0.29, 0.717) is 17.9 Å². The van der Waals surface area contributed by atoms with Crippen LogP contribution in [0.2, 0.25) is 0 Å². The van der Waals surface area contributed by atoms with Crippen LogP contribution in [0, 0.1) is 0 Å². The zero-order chi connectivity index (χ0) is 30.1. The molecule has 2 aromatic carbocycles. The van der Waals surface area contributed by atoms with Crippen LogP contribution < -0.4 is 24.6 Å². The van der Waals surface area contributed by atoms with Crippen molar-refractivity contribution in [2.45, 2.75) is 44.6 Å². The maximum atomic E-state index is 5.89. The summed E-state index contributed by atoms with van der Waals surface area (Å²) in [5.41, 5.74) is 8.10. The Hall–Kier alpha value is -3.83. The Kier molecular flexibility index (Phi) is 8.45. The zero-order valence-electron chi connectivity index (χ0n) is 25.9. The van der Waals surface area contributed by atoms with Crippen LogP contribution in [0.4, 0.5) is 34.5 Å². The molecule has 11 heteroatoms. The average Bonchev–Trinajstić information content (AvgIpc) is 3.75. The minimum Gasteiger partial charge on any atom is -0.494 e. The van der Waals surface area contributed by atoms with Gasteiger partial charge in [0.2, 0.25) is 5.95 Å². The van der Waals surface area contributed by atoms with E-state index in [2.05, 4.69) is 80.2 Å². The highest BCUT2D eigenvalue weighted by Gasteiger charge is 2.29. The van der Waals surface area contributed by atoms with Gasteiger partial charge in [-0.15, -0.1) is 0 Å². The van der Waals surface area contributed by atoms with Crippen molar-refractivity contribution in [1.82, 2.24) is 24.8 Å². The summed E-state index contributed by atoms with van der Waals surface area (Å²) in [6.45, 7) is 4.26. The van der Waals surface area contributed by atoms with Gasteiger partial charge in [-0.05, 0) is 69.5 Å². The number of aryl methyl sites for hydroxylation is 1. The van der Waals surface area contributed by atoms with Crippen LogP contribution in [0.5, 0.6) is 5.75 Å². The van der Waals surface area contributed by atoms with E-state index in [9.17, 15) is 0 Å². The molecule has 1 aliphatic heterocycles. The Morgan fingerprint density at radius 2 is 1.84 bits per heavy atom. The van der Waals surface area contributed by atoms with Crippen LogP contribution in [0.3, 0.4) is 0 Å². The molecule has 0 amide bonds. The van der Waals surface area contributed by atoms with Crippen LogP contribution >= 0.6 is 11.9 Å². The van der Waals surface area contributed by atoms with E-state index in [4.69, 9.17) is 14.7 Å². The van der Waals surface area contributed by atoms with Crippen molar-refractivity contribution in [3.05, 3.63) is 54.0 Å². The highest BCUT2D eigenvalue weighted by atomic mass is 32.2. The molecule has 4 aromatic rings. The van der Waals surface area contributed by atoms with Gasteiger partial charge in [0.1, 0.15) is 17.1 Å². The first kappa shape index (κ1) is 29.3. The number of ether oxygens (including phenoxy) is 1. The van der Waals surface area contributed by atoms with Crippen molar-refractivity contribution < 1.29 is 4.74 Å². The number of benzene rings is 2. The van der Waals surface area contributed by atoms with E-state index < -0.39 is 0 Å². The predicted octanol–water partition coefficient (Wildman–Crippen LogP) is 6.21. The van der Waals surface area contributed by atoms with Gasteiger partial charge in [0.25, 0.3) is 0 Å². The Labute approximate surface area is 258 Å². The van der Waals surface area contributed by atoms with Crippen molar-refractivity contribution in [3.8, 4) is 5.75 Å². The summed E-state index contributed by atoms with van der Waals surface area (Å²) < 4.78 is 8.00. The average molecular weight is 600 g/mol. The van der Waals surface area contributed by atoms with E-state index in [-0.39, 0.29) is 0 Å². The van der Waals surface area contributed by atoms with E-state index in [1.54, 1.807) is 31.5 Å². The summed E-state index contributed by atoms with van der Waals surface area (Å²) in [5, 5.41) is 7.13. The smallest absolute Gasteiger partial charge is 0.229 e. The van der Waals surface area contributed by atoms with Crippen LogP contribution in [0.1, 0.15) is 43.2 Å². The molecule has 1 aliphatic carbocycles. The van der Waals surface area contributed by atoms with Crippen molar-refractivity contribution in [2.75, 3.05) is 67.4 Å². The number of nitrogens with one attached hydrogen (secondary N) is 2. The van der Waals surface area contributed by atoms with Crippen molar-refractivity contribution >= 4 is 57.5 Å². The third-order valence-electron chi connectivity index (χ3n) is 8.55. The minimum atomic E-state index is 0.463. The highest BCUT2D eigenvalue weighted by molar-refractivity contribution is 7.99. The van der Waals surface area contributed by atoms with Gasteiger partial charge >= 0.3 is 0 Å². The molecule has 3 heterocycles. The Balaban J connectivity index is 1.34. The molecule has 1 unspecified atom stereocenters. The molecule has 0 radical (unpaired) electrons. The number of hydrogen-bond donors (Lipinski definition) is 2. The maximum absolute atomic E-state index is 5.89. The molecule has 2 aromatic heterocycles. The van der Waals surface area contributed by atoms with Gasteiger partial charge in [-0.2, -0.15) is 4.98 Å². The molecule has 0 bridgehead atoms. The zero-order valence-corrected chi connectivity index (χ0v) is 26.7. The Morgan fingerprint density at radius 3 is 2.53 bits per heavy atom. The molecule has 1 saturated heterocycles. The fourth-order valence-corrected chi connectivity index (χ4v) is 6.23. The van der Waals surface area contributed by atoms with Gasteiger partial charge in [0.05, 0.1) is 29.7 Å². The monoisotopic (exact) mass is 599 g/mol. The van der Waals surface area contributed by atoms with E-state index >= 15 is 0 Å². The summed E-state index contributed by atoms with van der Waals surface area (Å²) in [6, 6.07) is 8.97. The number of likely N-dealkylation sites (N-methyl/N-ethyl adjacent to an activating group) is 1. The molecule has 226 valence electrons. The fourth-order valence-electron chi connectivity index (χ4n) is 5.87. The number of rotatable bonds is 11. The first-order valence-electron chi connectivity index (χ1n) is 14.9. The molecule has 1 saturated carbocycles. The SMILES string of the molecule is CCc1cc(Nc2ncc(C3CC3)c(Nc3ccc4nccnc4c3N(C)SC)n2)c(OC)cc1N1CCC(N(C)C)C1. The normalized spacial score (nSPS) is 16.6. The largest absolute Gasteiger partial charge is 0.494 e. The lowest BCUT2D eigenvalue weighted by Crippen LogP contribution is -2.31. The third kappa shape index (κ3) is 6.01. The molecule has 2 aliphatic rings. The summed E-state index contributed by atoms with van der Waals surface area (Å²) in [4.78, 5) is 23.8. The van der Waals surface area contributed by atoms with Crippen LogP contribution in [0.25, 0.3) is 11.0 Å². The van der Waals surface area contributed by atoms with Gasteiger partial charge in [0, 0.05) is 68.3 Å². The van der Waals surface area contributed by atoms with E-state index in [0.717, 1.165) is 84.0 Å². The molecule has 0 spiro atoms. The van der Waals surface area contributed by atoms with Gasteiger partial charge in [-0.25, -0.2) is 4.98 Å². The molecule has 1 atom stereocenters. The lowest BCUT2D eigenvalue weighted by molar-refractivity contribution is 0.315. The number of methoxy groups -OCH3 is 1. The second-order valence-electron chi connectivity index (χ2n) is 11.5. The fraction of sp³-hybridized carbons (Fsp3) is 0.438. The Morgan fingerprint density at radius 1 is 1.02 bits per heavy atom. The summed E-state index contributed by atoms with van der Waals surface area (Å²) in [5.74, 6) is 2.57. The molecule has 10 nitrogen and oxygen atoms in total. The first-order chi connectivity index (χ1) is 20.9. The van der Waals surface area contributed by atoms with Crippen molar-refractivity contribution in [1.29, 1.82) is 0 Å². The second-order valence-corrected chi connectivity index (χ2v) is 12.4. The van der Waals surface area contributed by atoms with Crippen LogP contribution in [0.15, 0.2) is 42.9 Å². The summed E-state index contributed by atoms with van der Waals surface area (Å²) >= 11 is 1.63. The quantitative estimate of drug-likeness (QED) is 0.193. The van der Waals surface area contributed by atoms with E-state index in [1.165, 1.54) is 11.3 Å². The lowest BCUT2D eigenvalue weighted by atomic mass is 10.1. The highest BCUT2D eigenvalue weighted by Crippen LogP contribution is 2.45. The summed E-state index contributed by atoms with van der Waals surface area (Å²) in [6.07, 6.45) is 11.8. The standard InChI is InChI=1S/C32H41N9OS/c1-7-20-16-26(28(42-5)17-27(20)41-15-12-22(19-41)39(2)3)37-32-35-18-23(21-8-9-21)31(38-32)36-25-11-10-24-29(34-14-13-33-24)30(25)40(4)43-6/h10-11,13-14,16-18,21-22H,7-9,12,15,19H2,1-6H3,(H2,35,36,37,38). The van der Waals surface area contributed by atoms with Crippen LogP contribution in [-0.2, 0) is 6.42 Å². The Bertz CT molecular complexity index is 1610. The molecular weight excluding hydrogens is 558 g/mol. The van der Waals surface area contributed by atoms with Crippen LogP contribution in [-0.4, -0.2) is 78.5 Å². The first-order valence-corrected chi connectivity index (χ1v) is 16.1. The predicted molar refractivity (Wildman–Crippen MR) is 179 cm³/mol. The summed E-state index contributed by atoms with van der Waals surface area (Å²) in [7, 11) is 8.09. The van der Waals surface area contributed by atoms with Gasteiger partial charge in [0.15, 0.2) is 0 Å². The molecular formula is C32H41N9OS. The van der Waals surface area contributed by atoms with E-state index in [1.807, 2.05) is 19.3 Å². The lowest BCUT2D eigenvalue weighted by Gasteiger charge is -2.25.